The molecule has 1 aliphatic rings. The molecule has 0 atom stereocenters. The standard InChI is InChI=1S/C17H22N2O3/c1-3-18-6-8-19(9-7-18)17(20)10-13-12-22-16-11-14(21-2)4-5-15(13)16/h4-5,11-12H,3,6-10H2,1-2H3/p+1. The lowest BCUT2D eigenvalue weighted by Gasteiger charge is -2.31. The van der Waals surface area contributed by atoms with Gasteiger partial charge in [0.15, 0.2) is 0 Å². The van der Waals surface area contributed by atoms with Gasteiger partial charge in [0.05, 0.1) is 52.5 Å². The zero-order valence-electron chi connectivity index (χ0n) is 13.2. The van der Waals surface area contributed by atoms with Crippen molar-refractivity contribution in [1.29, 1.82) is 0 Å². The van der Waals surface area contributed by atoms with Gasteiger partial charge in [0.1, 0.15) is 11.3 Å². The number of hydrogen-bond donors (Lipinski definition) is 1. The molecule has 118 valence electrons. The molecule has 0 aliphatic carbocycles. The topological polar surface area (TPSA) is 47.1 Å². The van der Waals surface area contributed by atoms with Gasteiger partial charge in [-0.15, -0.1) is 0 Å². The number of piperazine rings is 1. The maximum absolute atomic E-state index is 12.5. The van der Waals surface area contributed by atoms with Gasteiger partial charge in [-0.2, -0.15) is 0 Å². The average Bonchev–Trinajstić information content (AvgIpc) is 2.97. The van der Waals surface area contributed by atoms with Crippen LogP contribution in [0, 0.1) is 0 Å². The molecule has 0 saturated carbocycles. The number of quaternary nitrogens is 1. The first kappa shape index (κ1) is 14.9. The van der Waals surface area contributed by atoms with E-state index in [0.29, 0.717) is 6.42 Å². The highest BCUT2D eigenvalue weighted by atomic mass is 16.5. The molecule has 1 amide bonds. The molecule has 0 spiro atoms. The van der Waals surface area contributed by atoms with Gasteiger partial charge in [-0.1, -0.05) is 0 Å². The molecule has 5 nitrogen and oxygen atoms in total. The Kier molecular flexibility index (Phi) is 4.34. The molecule has 1 aliphatic heterocycles. The van der Waals surface area contributed by atoms with Crippen LogP contribution in [0.25, 0.3) is 11.0 Å². The van der Waals surface area contributed by atoms with Gasteiger partial charge in [0, 0.05) is 17.0 Å². The van der Waals surface area contributed by atoms with Crippen molar-refractivity contribution in [2.75, 3.05) is 39.8 Å². The fraction of sp³-hybridized carbons (Fsp3) is 0.471. The highest BCUT2D eigenvalue weighted by Crippen LogP contribution is 2.26. The zero-order chi connectivity index (χ0) is 15.5. The predicted molar refractivity (Wildman–Crippen MR) is 84.3 cm³/mol. The van der Waals surface area contributed by atoms with Gasteiger partial charge >= 0.3 is 0 Å². The minimum atomic E-state index is 0.189. The number of rotatable bonds is 4. The van der Waals surface area contributed by atoms with E-state index in [2.05, 4.69) is 6.92 Å². The van der Waals surface area contributed by atoms with Crippen molar-refractivity contribution in [1.82, 2.24) is 4.90 Å². The Balaban J connectivity index is 1.69. The third kappa shape index (κ3) is 2.95. The molecular weight excluding hydrogens is 280 g/mol. The summed E-state index contributed by atoms with van der Waals surface area (Å²) in [4.78, 5) is 16.0. The summed E-state index contributed by atoms with van der Waals surface area (Å²) in [6.45, 7) is 7.13. The number of nitrogens with one attached hydrogen (secondary N) is 1. The van der Waals surface area contributed by atoms with Gasteiger partial charge < -0.3 is 19.0 Å². The van der Waals surface area contributed by atoms with E-state index in [9.17, 15) is 4.79 Å². The molecule has 2 heterocycles. The fourth-order valence-electron chi connectivity index (χ4n) is 3.03. The second kappa shape index (κ2) is 6.40. The van der Waals surface area contributed by atoms with Crippen LogP contribution in [-0.4, -0.2) is 50.6 Å². The summed E-state index contributed by atoms with van der Waals surface area (Å²) in [5.41, 5.74) is 1.72. The third-order valence-corrected chi connectivity index (χ3v) is 4.53. The van der Waals surface area contributed by atoms with Crippen LogP contribution in [-0.2, 0) is 11.2 Å². The monoisotopic (exact) mass is 303 g/mol. The van der Waals surface area contributed by atoms with Crippen LogP contribution < -0.4 is 9.64 Å². The number of hydrogen-bond acceptors (Lipinski definition) is 3. The van der Waals surface area contributed by atoms with Gasteiger partial charge in [0.25, 0.3) is 0 Å². The Morgan fingerprint density at radius 3 is 2.82 bits per heavy atom. The molecule has 3 rings (SSSR count). The number of carbonyl (C=O) groups excluding carboxylic acids is 1. The first-order chi connectivity index (χ1) is 10.7. The van der Waals surface area contributed by atoms with E-state index < -0.39 is 0 Å². The van der Waals surface area contributed by atoms with Crippen molar-refractivity contribution in [2.45, 2.75) is 13.3 Å². The molecule has 1 aromatic heterocycles. The summed E-state index contributed by atoms with van der Waals surface area (Å²) in [5.74, 6) is 0.951. The average molecular weight is 303 g/mol. The summed E-state index contributed by atoms with van der Waals surface area (Å²) >= 11 is 0. The van der Waals surface area contributed by atoms with Crippen molar-refractivity contribution in [3.8, 4) is 5.75 Å². The van der Waals surface area contributed by atoms with Gasteiger partial charge in [0.2, 0.25) is 5.91 Å². The maximum Gasteiger partial charge on any atom is 0.227 e. The fourth-order valence-corrected chi connectivity index (χ4v) is 3.03. The summed E-state index contributed by atoms with van der Waals surface area (Å²) in [5, 5.41) is 0.993. The van der Waals surface area contributed by atoms with E-state index in [1.54, 1.807) is 18.3 Å². The number of nitrogens with zero attached hydrogens (tertiary/aromatic N) is 1. The number of benzene rings is 1. The van der Waals surface area contributed by atoms with Crippen LogP contribution in [0.5, 0.6) is 5.75 Å². The van der Waals surface area contributed by atoms with E-state index in [1.807, 2.05) is 23.1 Å². The SMILES string of the molecule is CC[NH+]1CCN(C(=O)Cc2coc3cc(OC)ccc23)CC1. The van der Waals surface area contributed by atoms with Crippen LogP contribution in [0.2, 0.25) is 0 Å². The molecule has 0 bridgehead atoms. The Labute approximate surface area is 130 Å². The van der Waals surface area contributed by atoms with Gasteiger partial charge in [-0.25, -0.2) is 0 Å². The zero-order valence-corrected chi connectivity index (χ0v) is 13.2. The van der Waals surface area contributed by atoms with Gasteiger partial charge in [-0.05, 0) is 19.1 Å². The first-order valence-corrected chi connectivity index (χ1v) is 7.86. The summed E-state index contributed by atoms with van der Waals surface area (Å²) < 4.78 is 10.8. The summed E-state index contributed by atoms with van der Waals surface area (Å²) in [7, 11) is 1.63. The second-order valence-electron chi connectivity index (χ2n) is 5.78. The van der Waals surface area contributed by atoms with E-state index >= 15 is 0 Å². The minimum absolute atomic E-state index is 0.189. The van der Waals surface area contributed by atoms with E-state index in [0.717, 1.165) is 55.0 Å². The number of ether oxygens (including phenoxy) is 1. The van der Waals surface area contributed by atoms with Crippen LogP contribution >= 0.6 is 0 Å². The number of methoxy groups -OCH3 is 1. The van der Waals surface area contributed by atoms with Crippen LogP contribution in [0.1, 0.15) is 12.5 Å². The molecule has 1 aromatic carbocycles. The molecule has 2 aromatic rings. The smallest absolute Gasteiger partial charge is 0.227 e. The number of amides is 1. The van der Waals surface area contributed by atoms with E-state index in [1.165, 1.54) is 0 Å². The largest absolute Gasteiger partial charge is 0.497 e. The number of carbonyl (C=O) groups is 1. The maximum atomic E-state index is 12.5. The van der Waals surface area contributed by atoms with E-state index in [-0.39, 0.29) is 5.91 Å². The molecule has 22 heavy (non-hydrogen) atoms. The van der Waals surface area contributed by atoms with Crippen LogP contribution in [0.3, 0.4) is 0 Å². The third-order valence-electron chi connectivity index (χ3n) is 4.53. The molecule has 1 saturated heterocycles. The van der Waals surface area contributed by atoms with Crippen molar-refractivity contribution in [3.63, 3.8) is 0 Å². The molecule has 0 unspecified atom stereocenters. The lowest BCUT2D eigenvalue weighted by molar-refractivity contribution is -0.902. The van der Waals surface area contributed by atoms with Crippen molar-refractivity contribution >= 4 is 16.9 Å². The Hall–Kier alpha value is -2.01. The number of likely N-dealkylation sites (N-methyl/N-ethyl adjacent to an activating group) is 1. The van der Waals surface area contributed by atoms with Crippen LogP contribution in [0.4, 0.5) is 0 Å². The number of furan rings is 1. The Morgan fingerprint density at radius 2 is 2.14 bits per heavy atom. The minimum Gasteiger partial charge on any atom is -0.497 e. The lowest BCUT2D eigenvalue weighted by Crippen LogP contribution is -3.14. The number of fused-ring (bicyclic) bond motifs is 1. The lowest BCUT2D eigenvalue weighted by atomic mass is 10.1. The van der Waals surface area contributed by atoms with Crippen molar-refractivity contribution in [3.05, 3.63) is 30.0 Å². The highest BCUT2D eigenvalue weighted by molar-refractivity contribution is 5.88. The summed E-state index contributed by atoms with van der Waals surface area (Å²) in [6.07, 6.45) is 2.09. The first-order valence-electron chi connectivity index (χ1n) is 7.86. The second-order valence-corrected chi connectivity index (χ2v) is 5.78. The predicted octanol–water partition coefficient (Wildman–Crippen LogP) is 0.731. The quantitative estimate of drug-likeness (QED) is 0.906. The normalized spacial score (nSPS) is 16.2. The molecule has 5 heteroatoms. The molecule has 1 fully saturated rings. The Bertz CT molecular complexity index is 657. The highest BCUT2D eigenvalue weighted by Gasteiger charge is 2.23. The van der Waals surface area contributed by atoms with Crippen LogP contribution in [0.15, 0.2) is 28.9 Å². The molecular formula is C17H23N2O3+. The Morgan fingerprint density at radius 1 is 1.36 bits per heavy atom. The molecule has 1 N–H and O–H groups in total. The van der Waals surface area contributed by atoms with Crippen molar-refractivity contribution in [2.24, 2.45) is 0 Å². The van der Waals surface area contributed by atoms with E-state index in [4.69, 9.17) is 9.15 Å². The molecule has 0 radical (unpaired) electrons. The van der Waals surface area contributed by atoms with Gasteiger partial charge in [-0.3, -0.25) is 4.79 Å². The van der Waals surface area contributed by atoms with Crippen molar-refractivity contribution < 1.29 is 18.8 Å². The summed E-state index contributed by atoms with van der Waals surface area (Å²) in [6, 6.07) is 5.71.